The number of hydrogen-bond donors (Lipinski definition) is 2. The fraction of sp³-hybridized carbons (Fsp3) is 0.125. The zero-order valence-electron chi connectivity index (χ0n) is 7.10. The van der Waals surface area contributed by atoms with E-state index in [1.165, 1.54) is 0 Å². The highest BCUT2D eigenvalue weighted by Crippen LogP contribution is 2.36. The van der Waals surface area contributed by atoms with Gasteiger partial charge < -0.3 is 10.8 Å². The molecule has 0 radical (unpaired) electrons. The molecule has 15 heavy (non-hydrogen) atoms. The molecule has 0 atom stereocenters. The fourth-order valence-corrected chi connectivity index (χ4v) is 1.72. The topological polar surface area (TPSA) is 63.3 Å². The molecule has 0 bridgehead atoms. The van der Waals surface area contributed by atoms with Gasteiger partial charge in [0.05, 0.1) is 11.1 Å². The van der Waals surface area contributed by atoms with Crippen molar-refractivity contribution in [2.75, 3.05) is 5.73 Å². The van der Waals surface area contributed by atoms with Crippen LogP contribution in [0.5, 0.6) is 0 Å². The first-order valence-corrected chi connectivity index (χ1v) is 4.42. The van der Waals surface area contributed by atoms with Crippen molar-refractivity contribution in [3.05, 3.63) is 27.7 Å². The van der Waals surface area contributed by atoms with Gasteiger partial charge in [-0.3, -0.25) is 0 Å². The number of benzene rings is 1. The van der Waals surface area contributed by atoms with Crippen LogP contribution < -0.4 is 5.73 Å². The molecule has 7 heteroatoms. The van der Waals surface area contributed by atoms with Crippen molar-refractivity contribution in [1.82, 2.24) is 0 Å². The largest absolute Gasteiger partial charge is 0.478 e. The summed E-state index contributed by atoms with van der Waals surface area (Å²) in [5, 5.41) is 8.63. The van der Waals surface area contributed by atoms with E-state index in [1.807, 2.05) is 0 Å². The summed E-state index contributed by atoms with van der Waals surface area (Å²) in [4.78, 5) is 10.6. The van der Waals surface area contributed by atoms with Gasteiger partial charge in [0.2, 0.25) is 0 Å². The summed E-state index contributed by atoms with van der Waals surface area (Å²) in [5.74, 6) is -1.66. The first-order chi connectivity index (χ1) is 6.73. The second kappa shape index (κ2) is 3.73. The van der Waals surface area contributed by atoms with Crippen LogP contribution in [0.4, 0.5) is 18.9 Å². The normalized spacial score (nSPS) is 11.5. The van der Waals surface area contributed by atoms with E-state index in [4.69, 9.17) is 10.8 Å². The maximum absolute atomic E-state index is 12.4. The van der Waals surface area contributed by atoms with E-state index in [2.05, 4.69) is 15.9 Å². The van der Waals surface area contributed by atoms with Crippen LogP contribution in [-0.2, 0) is 6.18 Å². The first kappa shape index (κ1) is 11.8. The Hall–Kier alpha value is -1.24. The van der Waals surface area contributed by atoms with Gasteiger partial charge in [-0.05, 0) is 28.1 Å². The SMILES string of the molecule is Nc1cc(Br)c(C(=O)O)c(C(F)(F)F)c1. The summed E-state index contributed by atoms with van der Waals surface area (Å²) in [7, 11) is 0. The summed E-state index contributed by atoms with van der Waals surface area (Å²) in [5.41, 5.74) is 2.95. The number of rotatable bonds is 1. The lowest BCUT2D eigenvalue weighted by atomic mass is 10.1. The van der Waals surface area contributed by atoms with Crippen LogP contribution in [0.15, 0.2) is 16.6 Å². The van der Waals surface area contributed by atoms with Gasteiger partial charge in [-0.1, -0.05) is 0 Å². The molecule has 0 aliphatic rings. The third-order valence-electron chi connectivity index (χ3n) is 1.63. The second-order valence-electron chi connectivity index (χ2n) is 2.73. The molecule has 1 aromatic rings. The minimum Gasteiger partial charge on any atom is -0.478 e. The lowest BCUT2D eigenvalue weighted by Crippen LogP contribution is -2.14. The average Bonchev–Trinajstić information content (AvgIpc) is 1.99. The van der Waals surface area contributed by atoms with E-state index < -0.39 is 23.3 Å². The number of hydrogen-bond acceptors (Lipinski definition) is 2. The third kappa shape index (κ3) is 2.41. The molecule has 0 saturated heterocycles. The van der Waals surface area contributed by atoms with Crippen molar-refractivity contribution < 1.29 is 23.1 Å². The van der Waals surface area contributed by atoms with Crippen molar-refractivity contribution in [3.63, 3.8) is 0 Å². The Balaban J connectivity index is 3.54. The highest BCUT2D eigenvalue weighted by atomic mass is 79.9. The smallest absolute Gasteiger partial charge is 0.417 e. The van der Waals surface area contributed by atoms with Gasteiger partial charge in [0.25, 0.3) is 0 Å². The van der Waals surface area contributed by atoms with Gasteiger partial charge >= 0.3 is 12.1 Å². The number of aromatic carboxylic acids is 1. The summed E-state index contributed by atoms with van der Waals surface area (Å²) >= 11 is 2.73. The molecule has 82 valence electrons. The van der Waals surface area contributed by atoms with Gasteiger partial charge in [-0.25, -0.2) is 4.79 Å². The van der Waals surface area contributed by atoms with Crippen LogP contribution in [0.1, 0.15) is 15.9 Å². The van der Waals surface area contributed by atoms with Gasteiger partial charge in [-0.15, -0.1) is 0 Å². The molecule has 0 aliphatic heterocycles. The minimum atomic E-state index is -4.74. The number of nitrogen functional groups attached to an aromatic ring is 1. The van der Waals surface area contributed by atoms with Crippen LogP contribution in [0.3, 0.4) is 0 Å². The lowest BCUT2D eigenvalue weighted by molar-refractivity contribution is -0.138. The molecular formula is C8H5BrF3NO2. The standard InChI is InChI=1S/C8H5BrF3NO2/c9-5-2-3(13)1-4(8(10,11)12)6(5)7(14)15/h1-2H,13H2,(H,14,15). The Bertz CT molecular complexity index is 417. The molecule has 0 heterocycles. The van der Waals surface area contributed by atoms with Crippen LogP contribution in [0, 0.1) is 0 Å². The van der Waals surface area contributed by atoms with E-state index in [-0.39, 0.29) is 10.2 Å². The second-order valence-corrected chi connectivity index (χ2v) is 3.58. The number of carboxylic acid groups (broad SMARTS) is 1. The van der Waals surface area contributed by atoms with Crippen molar-refractivity contribution in [2.45, 2.75) is 6.18 Å². The van der Waals surface area contributed by atoms with Gasteiger partial charge in [0.1, 0.15) is 0 Å². The third-order valence-corrected chi connectivity index (χ3v) is 2.26. The summed E-state index contributed by atoms with van der Waals surface area (Å²) in [6.07, 6.45) is -4.74. The van der Waals surface area contributed by atoms with Crippen LogP contribution in [0.25, 0.3) is 0 Å². The zero-order valence-corrected chi connectivity index (χ0v) is 8.69. The predicted octanol–water partition coefficient (Wildman–Crippen LogP) is 2.75. The first-order valence-electron chi connectivity index (χ1n) is 3.63. The number of anilines is 1. The van der Waals surface area contributed by atoms with E-state index in [9.17, 15) is 18.0 Å². The van der Waals surface area contributed by atoms with Crippen LogP contribution in [-0.4, -0.2) is 11.1 Å². The molecule has 0 spiro atoms. The fourth-order valence-electron chi connectivity index (χ4n) is 1.07. The summed E-state index contributed by atoms with van der Waals surface area (Å²) < 4.78 is 37.1. The Morgan fingerprint density at radius 1 is 1.40 bits per heavy atom. The molecular weight excluding hydrogens is 279 g/mol. The molecule has 0 aliphatic carbocycles. The zero-order chi connectivity index (χ0) is 11.8. The molecule has 3 N–H and O–H groups in total. The van der Waals surface area contributed by atoms with E-state index >= 15 is 0 Å². The molecule has 1 rings (SSSR count). The molecule has 0 aromatic heterocycles. The average molecular weight is 284 g/mol. The van der Waals surface area contributed by atoms with Gasteiger partial charge in [0.15, 0.2) is 0 Å². The molecule has 0 saturated carbocycles. The Morgan fingerprint density at radius 3 is 2.33 bits per heavy atom. The highest BCUT2D eigenvalue weighted by Gasteiger charge is 2.36. The Morgan fingerprint density at radius 2 is 1.93 bits per heavy atom. The summed E-state index contributed by atoms with van der Waals surface area (Å²) in [6.45, 7) is 0. The number of alkyl halides is 3. The highest BCUT2D eigenvalue weighted by molar-refractivity contribution is 9.10. The number of nitrogens with two attached hydrogens (primary N) is 1. The van der Waals surface area contributed by atoms with E-state index in [0.29, 0.717) is 6.07 Å². The van der Waals surface area contributed by atoms with Crippen molar-refractivity contribution >= 4 is 27.6 Å². The number of carboxylic acids is 1. The van der Waals surface area contributed by atoms with Crippen molar-refractivity contribution in [1.29, 1.82) is 0 Å². The maximum atomic E-state index is 12.4. The van der Waals surface area contributed by atoms with Gasteiger partial charge in [0, 0.05) is 10.2 Å². The molecule has 0 unspecified atom stereocenters. The molecule has 0 amide bonds. The van der Waals surface area contributed by atoms with Crippen molar-refractivity contribution in [3.8, 4) is 0 Å². The maximum Gasteiger partial charge on any atom is 0.417 e. The summed E-state index contributed by atoms with van der Waals surface area (Å²) in [6, 6.07) is 1.70. The van der Waals surface area contributed by atoms with Crippen LogP contribution >= 0.6 is 15.9 Å². The molecule has 1 aromatic carbocycles. The van der Waals surface area contributed by atoms with Gasteiger partial charge in [-0.2, -0.15) is 13.2 Å². The molecule has 0 fully saturated rings. The van der Waals surface area contributed by atoms with Crippen molar-refractivity contribution in [2.24, 2.45) is 0 Å². The number of carbonyl (C=O) groups is 1. The van der Waals surface area contributed by atoms with Crippen LogP contribution in [0.2, 0.25) is 0 Å². The predicted molar refractivity (Wildman–Crippen MR) is 50.5 cm³/mol. The van der Waals surface area contributed by atoms with E-state index in [1.54, 1.807) is 0 Å². The quantitative estimate of drug-likeness (QED) is 0.779. The lowest BCUT2D eigenvalue weighted by Gasteiger charge is -2.12. The number of halogens is 4. The Kier molecular flexibility index (Phi) is 2.94. The minimum absolute atomic E-state index is 0.154. The molecule has 3 nitrogen and oxygen atoms in total. The monoisotopic (exact) mass is 283 g/mol. The Labute approximate surface area is 90.8 Å². The van der Waals surface area contributed by atoms with E-state index in [0.717, 1.165) is 6.07 Å².